The van der Waals surface area contributed by atoms with Crippen LogP contribution in [0, 0.1) is 0 Å². The van der Waals surface area contributed by atoms with Gasteiger partial charge in [-0.3, -0.25) is 4.18 Å². The Labute approximate surface area is 114 Å². The van der Waals surface area contributed by atoms with E-state index in [9.17, 15) is 8.42 Å². The van der Waals surface area contributed by atoms with Crippen molar-refractivity contribution in [3.05, 3.63) is 27.7 Å². The van der Waals surface area contributed by atoms with Gasteiger partial charge in [0.15, 0.2) is 0 Å². The highest BCUT2D eigenvalue weighted by atomic mass is 79.9. The first-order chi connectivity index (χ1) is 7.78. The SMILES string of the molecule is C[C@@H](COS(C)(=O)=O)Oc1cc(Br)ccc1Cl. The molecule has 0 saturated carbocycles. The summed E-state index contributed by atoms with van der Waals surface area (Å²) in [4.78, 5) is 0. The second-order valence-electron chi connectivity index (χ2n) is 3.49. The van der Waals surface area contributed by atoms with E-state index in [1.807, 2.05) is 0 Å². The Morgan fingerprint density at radius 2 is 2.12 bits per heavy atom. The molecule has 1 atom stereocenters. The molecule has 0 heterocycles. The van der Waals surface area contributed by atoms with E-state index in [0.717, 1.165) is 10.7 Å². The van der Waals surface area contributed by atoms with E-state index in [1.54, 1.807) is 25.1 Å². The largest absolute Gasteiger partial charge is 0.487 e. The molecule has 1 aromatic rings. The van der Waals surface area contributed by atoms with E-state index in [0.29, 0.717) is 10.8 Å². The normalized spacial score (nSPS) is 13.4. The van der Waals surface area contributed by atoms with E-state index < -0.39 is 16.2 Å². The van der Waals surface area contributed by atoms with Crippen molar-refractivity contribution in [2.24, 2.45) is 0 Å². The minimum Gasteiger partial charge on any atom is -0.487 e. The Bertz CT molecular complexity index is 489. The number of benzene rings is 1. The van der Waals surface area contributed by atoms with Crippen LogP contribution in [0.5, 0.6) is 5.75 Å². The zero-order chi connectivity index (χ0) is 13.1. The Morgan fingerprint density at radius 3 is 2.71 bits per heavy atom. The zero-order valence-electron chi connectivity index (χ0n) is 9.31. The van der Waals surface area contributed by atoms with Gasteiger partial charge in [0.2, 0.25) is 0 Å². The van der Waals surface area contributed by atoms with E-state index in [4.69, 9.17) is 16.3 Å². The molecule has 1 aromatic carbocycles. The second kappa shape index (κ2) is 6.04. The third-order valence-corrected chi connectivity index (χ3v) is 3.11. The minimum absolute atomic E-state index is 0.0539. The summed E-state index contributed by atoms with van der Waals surface area (Å²) < 4.78 is 32.5. The van der Waals surface area contributed by atoms with Gasteiger partial charge in [-0.2, -0.15) is 8.42 Å². The van der Waals surface area contributed by atoms with Crippen LogP contribution in [0.3, 0.4) is 0 Å². The van der Waals surface area contributed by atoms with Gasteiger partial charge < -0.3 is 4.74 Å². The molecule has 0 aliphatic carbocycles. The third-order valence-electron chi connectivity index (χ3n) is 1.74. The number of ether oxygens (including phenoxy) is 1. The molecule has 1 rings (SSSR count). The molecular weight excluding hydrogens is 332 g/mol. The zero-order valence-corrected chi connectivity index (χ0v) is 12.5. The van der Waals surface area contributed by atoms with Crippen molar-refractivity contribution < 1.29 is 17.3 Å². The van der Waals surface area contributed by atoms with Crippen LogP contribution in [0.2, 0.25) is 5.02 Å². The first kappa shape index (κ1) is 14.8. The summed E-state index contributed by atoms with van der Waals surface area (Å²) in [6, 6.07) is 5.18. The molecule has 7 heteroatoms. The molecule has 0 aliphatic rings. The third kappa shape index (κ3) is 5.72. The smallest absolute Gasteiger partial charge is 0.264 e. The lowest BCUT2D eigenvalue weighted by atomic mass is 10.3. The molecular formula is C10H12BrClO4S. The highest BCUT2D eigenvalue weighted by Crippen LogP contribution is 2.28. The standard InChI is InChI=1S/C10H12BrClO4S/c1-7(6-15-17(2,13)14)16-10-5-8(11)3-4-9(10)12/h3-5,7H,6H2,1-2H3/t7-/m0/s1. The average molecular weight is 344 g/mol. The van der Waals surface area contributed by atoms with E-state index in [1.165, 1.54) is 0 Å². The van der Waals surface area contributed by atoms with E-state index in [-0.39, 0.29) is 6.61 Å². The lowest BCUT2D eigenvalue weighted by Crippen LogP contribution is -2.21. The average Bonchev–Trinajstić information content (AvgIpc) is 2.20. The fraction of sp³-hybridized carbons (Fsp3) is 0.400. The quantitative estimate of drug-likeness (QED) is 0.772. The summed E-state index contributed by atoms with van der Waals surface area (Å²) in [6.45, 7) is 1.64. The van der Waals surface area contributed by atoms with Crippen LogP contribution in [0.4, 0.5) is 0 Å². The summed E-state index contributed by atoms with van der Waals surface area (Å²) >= 11 is 9.22. The fourth-order valence-electron chi connectivity index (χ4n) is 1.04. The van der Waals surface area contributed by atoms with E-state index in [2.05, 4.69) is 20.1 Å². The maximum absolute atomic E-state index is 10.8. The van der Waals surface area contributed by atoms with Crippen molar-refractivity contribution in [3.63, 3.8) is 0 Å². The predicted molar refractivity (Wildman–Crippen MR) is 70.0 cm³/mol. The molecule has 0 aliphatic heterocycles. The lowest BCUT2D eigenvalue weighted by Gasteiger charge is -2.15. The van der Waals surface area contributed by atoms with Gasteiger partial charge in [0.1, 0.15) is 18.5 Å². The van der Waals surface area contributed by atoms with Crippen LogP contribution >= 0.6 is 27.5 Å². The fourth-order valence-corrected chi connectivity index (χ4v) is 1.98. The van der Waals surface area contributed by atoms with Crippen LogP contribution in [0.25, 0.3) is 0 Å². The van der Waals surface area contributed by atoms with Crippen molar-refractivity contribution in [1.82, 2.24) is 0 Å². The van der Waals surface area contributed by atoms with Gasteiger partial charge in [0, 0.05) is 4.47 Å². The lowest BCUT2D eigenvalue weighted by molar-refractivity contribution is 0.147. The molecule has 0 saturated heterocycles. The monoisotopic (exact) mass is 342 g/mol. The number of rotatable bonds is 5. The van der Waals surface area contributed by atoms with Gasteiger partial charge in [-0.05, 0) is 25.1 Å². The molecule has 0 spiro atoms. The Kier molecular flexibility index (Phi) is 5.24. The van der Waals surface area contributed by atoms with Gasteiger partial charge in [0.25, 0.3) is 10.1 Å². The summed E-state index contributed by atoms with van der Waals surface area (Å²) in [6.07, 6.45) is 0.572. The number of hydrogen-bond acceptors (Lipinski definition) is 4. The number of hydrogen-bond donors (Lipinski definition) is 0. The highest BCUT2D eigenvalue weighted by molar-refractivity contribution is 9.10. The Hall–Kier alpha value is -0.300. The number of halogens is 2. The Balaban J connectivity index is 2.62. The molecule has 0 N–H and O–H groups in total. The van der Waals surface area contributed by atoms with Crippen molar-refractivity contribution >= 4 is 37.6 Å². The van der Waals surface area contributed by atoms with Crippen LogP contribution in [0.15, 0.2) is 22.7 Å². The van der Waals surface area contributed by atoms with Crippen molar-refractivity contribution in [2.45, 2.75) is 13.0 Å². The molecule has 4 nitrogen and oxygen atoms in total. The van der Waals surface area contributed by atoms with Crippen molar-refractivity contribution in [2.75, 3.05) is 12.9 Å². The summed E-state index contributed by atoms with van der Waals surface area (Å²) in [5, 5.41) is 0.458. The first-order valence-electron chi connectivity index (χ1n) is 4.74. The molecule has 0 unspecified atom stereocenters. The minimum atomic E-state index is -3.45. The molecule has 96 valence electrons. The summed E-state index contributed by atoms with van der Waals surface area (Å²) in [5.74, 6) is 0.477. The first-order valence-corrected chi connectivity index (χ1v) is 7.73. The summed E-state index contributed by atoms with van der Waals surface area (Å²) in [7, 11) is -3.45. The molecule has 0 radical (unpaired) electrons. The topological polar surface area (TPSA) is 52.6 Å². The van der Waals surface area contributed by atoms with E-state index >= 15 is 0 Å². The van der Waals surface area contributed by atoms with Gasteiger partial charge in [-0.15, -0.1) is 0 Å². The van der Waals surface area contributed by atoms with Crippen LogP contribution in [0.1, 0.15) is 6.92 Å². The maximum Gasteiger partial charge on any atom is 0.264 e. The Morgan fingerprint density at radius 1 is 1.47 bits per heavy atom. The van der Waals surface area contributed by atoms with Crippen LogP contribution < -0.4 is 4.74 Å². The van der Waals surface area contributed by atoms with Crippen LogP contribution in [-0.2, 0) is 14.3 Å². The molecule has 0 fully saturated rings. The van der Waals surface area contributed by atoms with Gasteiger partial charge in [-0.25, -0.2) is 0 Å². The highest BCUT2D eigenvalue weighted by Gasteiger charge is 2.11. The maximum atomic E-state index is 10.8. The van der Waals surface area contributed by atoms with Gasteiger partial charge in [-0.1, -0.05) is 27.5 Å². The van der Waals surface area contributed by atoms with Gasteiger partial charge >= 0.3 is 0 Å². The van der Waals surface area contributed by atoms with Crippen LogP contribution in [-0.4, -0.2) is 27.4 Å². The molecule has 0 amide bonds. The predicted octanol–water partition coefficient (Wildman–Crippen LogP) is 2.85. The summed E-state index contributed by atoms with van der Waals surface area (Å²) in [5.41, 5.74) is 0. The van der Waals surface area contributed by atoms with Gasteiger partial charge in [0.05, 0.1) is 11.3 Å². The molecule has 0 aromatic heterocycles. The molecule has 17 heavy (non-hydrogen) atoms. The second-order valence-corrected chi connectivity index (χ2v) is 6.46. The van der Waals surface area contributed by atoms with Crippen molar-refractivity contribution in [1.29, 1.82) is 0 Å². The molecule has 0 bridgehead atoms. The van der Waals surface area contributed by atoms with Crippen molar-refractivity contribution in [3.8, 4) is 5.75 Å².